The van der Waals surface area contributed by atoms with Crippen molar-refractivity contribution in [2.45, 2.75) is 32.6 Å². The van der Waals surface area contributed by atoms with Crippen LogP contribution in [-0.2, 0) is 4.57 Å². The molecule has 0 radical (unpaired) electrons. The van der Waals surface area contributed by atoms with Gasteiger partial charge in [0.05, 0.1) is 12.4 Å². The summed E-state index contributed by atoms with van der Waals surface area (Å²) in [5.74, 6) is -0.691. The van der Waals surface area contributed by atoms with Crippen molar-refractivity contribution in [3.63, 3.8) is 0 Å². The van der Waals surface area contributed by atoms with Crippen molar-refractivity contribution < 1.29 is 28.7 Å². The maximum atomic E-state index is 12.5. The van der Waals surface area contributed by atoms with E-state index in [1.165, 1.54) is 12.3 Å². The Balaban J connectivity index is 2.29. The molecule has 0 aliphatic heterocycles. The molecule has 2 rings (SSSR count). The Morgan fingerprint density at radius 2 is 2.05 bits per heavy atom. The zero-order valence-corrected chi connectivity index (χ0v) is 13.3. The van der Waals surface area contributed by atoms with E-state index in [2.05, 4.69) is 0 Å². The molecule has 3 N–H and O–H groups in total. The Morgan fingerprint density at radius 1 is 1.36 bits per heavy atom. The van der Waals surface area contributed by atoms with Crippen LogP contribution in [0.2, 0.25) is 0 Å². The van der Waals surface area contributed by atoms with Crippen molar-refractivity contribution in [2.24, 2.45) is 0 Å². The van der Waals surface area contributed by atoms with Gasteiger partial charge in [-0.2, -0.15) is 0 Å². The van der Waals surface area contributed by atoms with E-state index in [-0.39, 0.29) is 35.8 Å². The number of furan rings is 1. The highest BCUT2D eigenvalue weighted by Gasteiger charge is 2.34. The quantitative estimate of drug-likeness (QED) is 0.567. The first-order valence-corrected chi connectivity index (χ1v) is 8.82. The first kappa shape index (κ1) is 16.7. The van der Waals surface area contributed by atoms with Crippen LogP contribution in [0.25, 0.3) is 0 Å². The lowest BCUT2D eigenvalue weighted by atomic mass is 9.78. The van der Waals surface area contributed by atoms with Crippen LogP contribution in [0.1, 0.15) is 48.5 Å². The van der Waals surface area contributed by atoms with Crippen LogP contribution >= 0.6 is 7.60 Å². The van der Waals surface area contributed by atoms with Crippen molar-refractivity contribution in [2.75, 3.05) is 6.16 Å². The van der Waals surface area contributed by atoms with Gasteiger partial charge in [0.1, 0.15) is 5.56 Å². The lowest BCUT2D eigenvalue weighted by Crippen LogP contribution is -2.17. The minimum absolute atomic E-state index is 0.0347. The maximum absolute atomic E-state index is 12.5. The van der Waals surface area contributed by atoms with Crippen molar-refractivity contribution in [3.8, 4) is 5.95 Å². The second-order valence-electron chi connectivity index (χ2n) is 5.30. The monoisotopic (exact) mass is 326 g/mol. The van der Waals surface area contributed by atoms with Gasteiger partial charge in [-0.05, 0) is 12.8 Å². The summed E-state index contributed by atoms with van der Waals surface area (Å²) in [5, 5.41) is 9.71. The molecule has 0 amide bonds. The fraction of sp³-hybridized carbons (Fsp3) is 0.400. The summed E-state index contributed by atoms with van der Waals surface area (Å²) < 4.78 is 15.8. The molecule has 1 unspecified atom stereocenters. The second-order valence-corrected chi connectivity index (χ2v) is 7.00. The predicted octanol–water partition coefficient (Wildman–Crippen LogP) is 3.12. The standard InChI is InChI=1S/C15H19O6P/c1-3-10-9(2)12-8-21-15(17)13(12)14(16)11(10)6-4-5-7-22(18,19)20/h4-5,8-9,17H,3,6-7H2,1-2H3,(H2,18,19,20). The summed E-state index contributed by atoms with van der Waals surface area (Å²) >= 11 is 0. The molecule has 0 spiro atoms. The predicted molar refractivity (Wildman–Crippen MR) is 81.1 cm³/mol. The van der Waals surface area contributed by atoms with Gasteiger partial charge < -0.3 is 19.3 Å². The van der Waals surface area contributed by atoms with Gasteiger partial charge in [-0.1, -0.05) is 31.6 Å². The van der Waals surface area contributed by atoms with E-state index in [9.17, 15) is 14.5 Å². The molecule has 0 fully saturated rings. The van der Waals surface area contributed by atoms with E-state index in [1.54, 1.807) is 6.08 Å². The second kappa shape index (κ2) is 6.24. The van der Waals surface area contributed by atoms with E-state index < -0.39 is 7.60 Å². The lowest BCUT2D eigenvalue weighted by Gasteiger charge is -2.24. The van der Waals surface area contributed by atoms with E-state index in [1.807, 2.05) is 13.8 Å². The highest BCUT2D eigenvalue weighted by atomic mass is 31.2. The summed E-state index contributed by atoms with van der Waals surface area (Å²) in [5.41, 5.74) is 2.39. The molecule has 0 saturated carbocycles. The number of ketones is 1. The highest BCUT2D eigenvalue weighted by molar-refractivity contribution is 7.51. The third kappa shape index (κ3) is 3.24. The number of rotatable bonds is 5. The number of Topliss-reactive ketones (excluding diaryl/α,β-unsaturated/α-hetero) is 1. The number of hydrogen-bond donors (Lipinski definition) is 3. The van der Waals surface area contributed by atoms with Crippen molar-refractivity contribution in [1.29, 1.82) is 0 Å². The zero-order valence-electron chi connectivity index (χ0n) is 12.4. The Bertz CT molecular complexity index is 691. The number of carbonyl (C=O) groups is 1. The molecular weight excluding hydrogens is 307 g/mol. The Hall–Kier alpha value is -1.62. The van der Waals surface area contributed by atoms with Gasteiger partial charge >= 0.3 is 7.60 Å². The normalized spacial score (nSPS) is 19.1. The third-order valence-electron chi connectivity index (χ3n) is 3.89. The van der Waals surface area contributed by atoms with Gasteiger partial charge in [0.2, 0.25) is 0 Å². The van der Waals surface area contributed by atoms with Crippen LogP contribution in [0.3, 0.4) is 0 Å². The van der Waals surface area contributed by atoms with Gasteiger partial charge in [0.15, 0.2) is 5.78 Å². The molecule has 1 aromatic rings. The van der Waals surface area contributed by atoms with Crippen LogP contribution in [0.15, 0.2) is 34.0 Å². The summed E-state index contributed by atoms with van der Waals surface area (Å²) in [6.45, 7) is 3.89. The molecule has 22 heavy (non-hydrogen) atoms. The van der Waals surface area contributed by atoms with E-state index in [4.69, 9.17) is 14.2 Å². The molecule has 7 heteroatoms. The van der Waals surface area contributed by atoms with Gasteiger partial charge in [-0.15, -0.1) is 0 Å². The molecule has 120 valence electrons. The third-order valence-corrected chi connectivity index (χ3v) is 4.58. The SMILES string of the molecule is CCC1=C(CC=CCP(=O)(O)O)C(=O)c2c(coc2O)C1C. The maximum Gasteiger partial charge on any atom is 0.329 e. The first-order chi connectivity index (χ1) is 10.3. The summed E-state index contributed by atoms with van der Waals surface area (Å²) in [7, 11) is -4.08. The molecular formula is C15H19O6P. The fourth-order valence-corrected chi connectivity index (χ4v) is 3.23. The Labute approximate surface area is 128 Å². The zero-order chi connectivity index (χ0) is 16.5. The Kier molecular flexibility index (Phi) is 4.75. The molecule has 1 atom stereocenters. The van der Waals surface area contributed by atoms with Gasteiger partial charge in [-0.3, -0.25) is 9.36 Å². The van der Waals surface area contributed by atoms with Crippen molar-refractivity contribution in [1.82, 2.24) is 0 Å². The number of hydrogen-bond acceptors (Lipinski definition) is 4. The molecule has 1 aromatic heterocycles. The molecule has 1 heterocycles. The van der Waals surface area contributed by atoms with Gasteiger partial charge in [0, 0.05) is 17.1 Å². The topological polar surface area (TPSA) is 108 Å². The molecule has 1 aliphatic rings. The smallest absolute Gasteiger partial charge is 0.329 e. The van der Waals surface area contributed by atoms with Crippen LogP contribution in [-0.4, -0.2) is 26.8 Å². The molecule has 0 aromatic carbocycles. The van der Waals surface area contributed by atoms with Crippen LogP contribution in [0, 0.1) is 0 Å². The summed E-state index contributed by atoms with van der Waals surface area (Å²) in [4.78, 5) is 30.2. The lowest BCUT2D eigenvalue weighted by molar-refractivity contribution is 0.102. The summed E-state index contributed by atoms with van der Waals surface area (Å²) in [6, 6.07) is 0. The minimum Gasteiger partial charge on any atom is -0.480 e. The molecule has 6 nitrogen and oxygen atoms in total. The van der Waals surface area contributed by atoms with Crippen LogP contribution in [0.4, 0.5) is 0 Å². The van der Waals surface area contributed by atoms with Crippen LogP contribution < -0.4 is 0 Å². The molecule has 0 saturated heterocycles. The number of aromatic hydroxyl groups is 1. The minimum atomic E-state index is -4.08. The molecule has 0 bridgehead atoms. The van der Waals surface area contributed by atoms with Gasteiger partial charge in [0.25, 0.3) is 5.95 Å². The first-order valence-electron chi connectivity index (χ1n) is 7.02. The average molecular weight is 326 g/mol. The highest BCUT2D eigenvalue weighted by Crippen LogP contribution is 2.43. The Morgan fingerprint density at radius 3 is 2.64 bits per heavy atom. The van der Waals surface area contributed by atoms with Crippen LogP contribution in [0.5, 0.6) is 5.95 Å². The van der Waals surface area contributed by atoms with E-state index >= 15 is 0 Å². The van der Waals surface area contributed by atoms with E-state index in [0.717, 1.165) is 5.57 Å². The largest absolute Gasteiger partial charge is 0.480 e. The van der Waals surface area contributed by atoms with Gasteiger partial charge in [-0.25, -0.2) is 0 Å². The van der Waals surface area contributed by atoms with E-state index in [0.29, 0.717) is 17.6 Å². The average Bonchev–Trinajstić information content (AvgIpc) is 2.81. The van der Waals surface area contributed by atoms with Crippen molar-refractivity contribution >= 4 is 13.4 Å². The fourth-order valence-electron chi connectivity index (χ4n) is 2.81. The summed E-state index contributed by atoms with van der Waals surface area (Å²) in [6.07, 6.45) is 4.97. The number of allylic oxidation sites excluding steroid dienone is 4. The molecule has 1 aliphatic carbocycles. The van der Waals surface area contributed by atoms with Crippen molar-refractivity contribution in [3.05, 3.63) is 40.7 Å². The number of carbonyl (C=O) groups excluding carboxylic acids is 1. The number of fused-ring (bicyclic) bond motifs is 1.